The summed E-state index contributed by atoms with van der Waals surface area (Å²) < 4.78 is 10.8. The quantitative estimate of drug-likeness (QED) is 0.103. The number of benzene rings is 2. The van der Waals surface area contributed by atoms with Gasteiger partial charge >= 0.3 is 11.9 Å². The van der Waals surface area contributed by atoms with E-state index in [2.05, 4.69) is 64.3 Å². The molecule has 0 aliphatic heterocycles. The second kappa shape index (κ2) is 18.0. The van der Waals surface area contributed by atoms with Gasteiger partial charge in [-0.1, -0.05) is 83.0 Å². The van der Waals surface area contributed by atoms with Gasteiger partial charge in [-0.05, 0) is 129 Å². The number of esters is 2. The molecule has 0 amide bonds. The summed E-state index contributed by atoms with van der Waals surface area (Å²) in [5.74, 6) is 0.918. The molecule has 4 heteroatoms. The summed E-state index contributed by atoms with van der Waals surface area (Å²) in [4.78, 5) is 23.7. The van der Waals surface area contributed by atoms with Gasteiger partial charge in [-0.15, -0.1) is 0 Å². The van der Waals surface area contributed by atoms with Gasteiger partial charge in [0.15, 0.2) is 0 Å². The number of aryl methyl sites for hydroxylation is 3. The first kappa shape index (κ1) is 35.3. The van der Waals surface area contributed by atoms with E-state index in [1.165, 1.54) is 90.3 Å². The van der Waals surface area contributed by atoms with E-state index in [4.69, 9.17) is 9.47 Å². The van der Waals surface area contributed by atoms with Gasteiger partial charge in [-0.3, -0.25) is 0 Å². The monoisotopic (exact) mass is 600 g/mol. The molecule has 240 valence electrons. The Bertz CT molecular complexity index is 1220. The Morgan fingerprint density at radius 2 is 1.34 bits per heavy atom. The second-order valence-electron chi connectivity index (χ2n) is 12.9. The first-order valence-electron chi connectivity index (χ1n) is 17.0. The fraction of sp³-hybridized carbons (Fsp3) is 0.550. The minimum atomic E-state index is -0.335. The Labute approximate surface area is 267 Å². The van der Waals surface area contributed by atoms with Gasteiger partial charge in [0, 0.05) is 11.1 Å². The first-order chi connectivity index (χ1) is 21.1. The Morgan fingerprint density at radius 1 is 0.773 bits per heavy atom. The largest absolute Gasteiger partial charge is 0.462 e. The molecule has 0 radical (unpaired) electrons. The summed E-state index contributed by atoms with van der Waals surface area (Å²) in [7, 11) is 0. The maximum Gasteiger partial charge on any atom is 0.333 e. The molecule has 0 aromatic heterocycles. The van der Waals surface area contributed by atoms with Gasteiger partial charge in [0.1, 0.15) is 0 Å². The summed E-state index contributed by atoms with van der Waals surface area (Å²) in [6.07, 6.45) is 15.0. The maximum atomic E-state index is 11.9. The molecule has 0 unspecified atom stereocenters. The molecule has 0 atom stereocenters. The average molecular weight is 601 g/mol. The third-order valence-electron chi connectivity index (χ3n) is 9.32. The lowest BCUT2D eigenvalue weighted by Gasteiger charge is -2.29. The molecule has 0 bridgehead atoms. The fourth-order valence-electron chi connectivity index (χ4n) is 6.53. The van der Waals surface area contributed by atoms with E-state index in [9.17, 15) is 9.59 Å². The van der Waals surface area contributed by atoms with Crippen LogP contribution in [0, 0.1) is 12.8 Å². The van der Waals surface area contributed by atoms with E-state index in [0.717, 1.165) is 38.0 Å². The third kappa shape index (κ3) is 10.5. The maximum absolute atomic E-state index is 11.9. The Hall–Kier alpha value is -3.14. The van der Waals surface area contributed by atoms with E-state index in [1.54, 1.807) is 13.8 Å². The van der Waals surface area contributed by atoms with Crippen LogP contribution in [0.15, 0.2) is 54.6 Å². The minimum absolute atomic E-state index is 0.335. The zero-order chi connectivity index (χ0) is 32.1. The SMILES string of the molecule is C=C(C)C(=O)OCCCc1cc(-c2ccc(C3CCC(CCCCC)CC3)cc2CC)cc(CCCOC(=O)C(=C)C)c1C. The third-order valence-corrected chi connectivity index (χ3v) is 9.32. The number of carbonyl (C=O) groups is 2. The predicted molar refractivity (Wildman–Crippen MR) is 183 cm³/mol. The zero-order valence-electron chi connectivity index (χ0n) is 28.2. The average Bonchev–Trinajstić information content (AvgIpc) is 3.02. The molecule has 0 heterocycles. The highest BCUT2D eigenvalue weighted by Gasteiger charge is 2.23. The Balaban J connectivity index is 1.80. The number of unbranched alkanes of at least 4 members (excludes halogenated alkanes) is 2. The highest BCUT2D eigenvalue weighted by Crippen LogP contribution is 2.39. The van der Waals surface area contributed by atoms with E-state index >= 15 is 0 Å². The first-order valence-corrected chi connectivity index (χ1v) is 17.0. The fourth-order valence-corrected chi connectivity index (χ4v) is 6.53. The van der Waals surface area contributed by atoms with Crippen molar-refractivity contribution in [3.8, 4) is 11.1 Å². The Morgan fingerprint density at radius 3 is 1.84 bits per heavy atom. The lowest BCUT2D eigenvalue weighted by atomic mass is 9.76. The van der Waals surface area contributed by atoms with Crippen molar-refractivity contribution >= 4 is 11.9 Å². The molecule has 2 aromatic rings. The van der Waals surface area contributed by atoms with Crippen molar-refractivity contribution in [2.24, 2.45) is 5.92 Å². The molecule has 0 N–H and O–H groups in total. The van der Waals surface area contributed by atoms with Crippen molar-refractivity contribution in [1.82, 2.24) is 0 Å². The molecule has 44 heavy (non-hydrogen) atoms. The van der Waals surface area contributed by atoms with Crippen LogP contribution in [0.1, 0.15) is 126 Å². The van der Waals surface area contributed by atoms with Crippen molar-refractivity contribution in [2.45, 2.75) is 124 Å². The molecular formula is C40H56O4. The van der Waals surface area contributed by atoms with Gasteiger partial charge in [-0.25, -0.2) is 9.59 Å². The Kier molecular flexibility index (Phi) is 14.4. The number of rotatable bonds is 17. The lowest BCUT2D eigenvalue weighted by molar-refractivity contribution is -0.139. The summed E-state index contributed by atoms with van der Waals surface area (Å²) in [5.41, 5.74) is 10.1. The van der Waals surface area contributed by atoms with Crippen molar-refractivity contribution in [3.63, 3.8) is 0 Å². The molecule has 1 aliphatic rings. The molecule has 0 saturated heterocycles. The van der Waals surface area contributed by atoms with E-state index in [1.807, 2.05) is 0 Å². The number of ether oxygens (including phenoxy) is 2. The summed E-state index contributed by atoms with van der Waals surface area (Å²) in [6, 6.07) is 11.9. The van der Waals surface area contributed by atoms with Gasteiger partial charge in [0.2, 0.25) is 0 Å². The van der Waals surface area contributed by atoms with E-state index < -0.39 is 0 Å². The van der Waals surface area contributed by atoms with Crippen molar-refractivity contribution in [2.75, 3.05) is 13.2 Å². The van der Waals surface area contributed by atoms with E-state index in [0.29, 0.717) is 30.3 Å². The van der Waals surface area contributed by atoms with Crippen LogP contribution in [0.25, 0.3) is 11.1 Å². The smallest absolute Gasteiger partial charge is 0.333 e. The van der Waals surface area contributed by atoms with Crippen LogP contribution in [0.5, 0.6) is 0 Å². The topological polar surface area (TPSA) is 52.6 Å². The van der Waals surface area contributed by atoms with Crippen LogP contribution in [-0.2, 0) is 38.3 Å². The molecule has 1 aliphatic carbocycles. The van der Waals surface area contributed by atoms with Crippen LogP contribution >= 0.6 is 0 Å². The standard InChI is InChI=1S/C40H56O4/c1-8-10-11-14-31-17-19-33(20-18-31)36-21-22-38(32(9-2)25-36)37-26-34(15-12-23-43-39(41)28(3)4)30(7)35(27-37)16-13-24-44-40(42)29(5)6/h21-22,25-27,31,33H,3,5,8-20,23-24H2,1-2,4,6-7H3. The van der Waals surface area contributed by atoms with Crippen LogP contribution in [0.4, 0.5) is 0 Å². The van der Waals surface area contributed by atoms with Crippen molar-refractivity contribution in [1.29, 1.82) is 0 Å². The van der Waals surface area contributed by atoms with Crippen LogP contribution < -0.4 is 0 Å². The van der Waals surface area contributed by atoms with Crippen molar-refractivity contribution in [3.05, 3.63) is 82.5 Å². The van der Waals surface area contributed by atoms with Crippen LogP contribution in [0.2, 0.25) is 0 Å². The number of hydrogen-bond acceptors (Lipinski definition) is 4. The molecule has 0 spiro atoms. The molecule has 1 fully saturated rings. The predicted octanol–water partition coefficient (Wildman–Crippen LogP) is 10.2. The molecule has 4 nitrogen and oxygen atoms in total. The van der Waals surface area contributed by atoms with Gasteiger partial charge in [0.05, 0.1) is 13.2 Å². The lowest BCUT2D eigenvalue weighted by Crippen LogP contribution is -2.13. The number of hydrogen-bond donors (Lipinski definition) is 0. The minimum Gasteiger partial charge on any atom is -0.462 e. The number of carbonyl (C=O) groups excluding carboxylic acids is 2. The molecule has 2 aromatic carbocycles. The van der Waals surface area contributed by atoms with Gasteiger partial charge < -0.3 is 9.47 Å². The van der Waals surface area contributed by atoms with Gasteiger partial charge in [-0.2, -0.15) is 0 Å². The van der Waals surface area contributed by atoms with Gasteiger partial charge in [0.25, 0.3) is 0 Å². The summed E-state index contributed by atoms with van der Waals surface area (Å²) >= 11 is 0. The summed E-state index contributed by atoms with van der Waals surface area (Å²) in [6.45, 7) is 18.2. The highest BCUT2D eigenvalue weighted by molar-refractivity contribution is 5.87. The van der Waals surface area contributed by atoms with Crippen LogP contribution in [0.3, 0.4) is 0 Å². The van der Waals surface area contributed by atoms with Crippen LogP contribution in [-0.4, -0.2) is 25.2 Å². The normalized spacial score (nSPS) is 16.4. The highest BCUT2D eigenvalue weighted by atomic mass is 16.5. The summed E-state index contributed by atoms with van der Waals surface area (Å²) in [5, 5.41) is 0. The van der Waals surface area contributed by atoms with E-state index in [-0.39, 0.29) is 11.9 Å². The second-order valence-corrected chi connectivity index (χ2v) is 12.9. The molecular weight excluding hydrogens is 544 g/mol. The zero-order valence-corrected chi connectivity index (χ0v) is 28.2. The molecule has 1 saturated carbocycles. The van der Waals surface area contributed by atoms with Crippen molar-refractivity contribution < 1.29 is 19.1 Å². The molecule has 3 rings (SSSR count).